The number of nitrogens with one attached hydrogen (secondary N) is 1. The summed E-state index contributed by atoms with van der Waals surface area (Å²) >= 11 is 0. The minimum Gasteiger partial charge on any atom is -0.377 e. The van der Waals surface area contributed by atoms with E-state index in [4.69, 9.17) is 4.74 Å². The van der Waals surface area contributed by atoms with Gasteiger partial charge in [-0.25, -0.2) is 0 Å². The number of H-pyrrole nitrogens is 1. The zero-order chi connectivity index (χ0) is 16.5. The van der Waals surface area contributed by atoms with Crippen LogP contribution in [0.1, 0.15) is 28.9 Å². The third-order valence-corrected chi connectivity index (χ3v) is 5.25. The predicted octanol–water partition coefficient (Wildman–Crippen LogP) is 2.41. The summed E-state index contributed by atoms with van der Waals surface area (Å²) in [5.74, 6) is 0.154. The first-order chi connectivity index (χ1) is 11.7. The number of nitrogens with zero attached hydrogens (tertiary/aromatic N) is 2. The number of para-hydroxylation sites is 1. The smallest absolute Gasteiger partial charge is 0.256 e. The third kappa shape index (κ3) is 2.94. The molecule has 1 unspecified atom stereocenters. The standard InChI is InChI=1S/C19H25N3O2/c1-14-18(16-6-2-3-7-17(16)20-14)19(23)22-10-8-21(9-11-22)13-15-5-4-12-24-15/h2-3,6-7,15,20H,4-5,8-13H2,1H3. The van der Waals surface area contributed by atoms with Gasteiger partial charge in [0.1, 0.15) is 0 Å². The van der Waals surface area contributed by atoms with Crippen molar-refractivity contribution in [2.24, 2.45) is 0 Å². The molecular formula is C19H25N3O2. The number of rotatable bonds is 3. The molecular weight excluding hydrogens is 302 g/mol. The number of hydrogen-bond acceptors (Lipinski definition) is 3. The maximum atomic E-state index is 13.0. The van der Waals surface area contributed by atoms with Crippen molar-refractivity contribution < 1.29 is 9.53 Å². The molecule has 3 heterocycles. The van der Waals surface area contributed by atoms with Crippen LogP contribution in [0.3, 0.4) is 0 Å². The average molecular weight is 327 g/mol. The molecule has 1 aromatic carbocycles. The van der Waals surface area contributed by atoms with Gasteiger partial charge in [-0.3, -0.25) is 9.69 Å². The number of carbonyl (C=O) groups is 1. The number of piperazine rings is 1. The number of amides is 1. The molecule has 2 aromatic rings. The summed E-state index contributed by atoms with van der Waals surface area (Å²) < 4.78 is 5.73. The lowest BCUT2D eigenvalue weighted by Crippen LogP contribution is -2.50. The SMILES string of the molecule is Cc1[nH]c2ccccc2c1C(=O)N1CCN(CC2CCCO2)CC1. The van der Waals surface area contributed by atoms with Crippen LogP contribution in [0.5, 0.6) is 0 Å². The molecule has 24 heavy (non-hydrogen) atoms. The van der Waals surface area contributed by atoms with Crippen molar-refractivity contribution in [2.75, 3.05) is 39.3 Å². The van der Waals surface area contributed by atoms with E-state index in [1.807, 2.05) is 36.1 Å². The van der Waals surface area contributed by atoms with Crippen LogP contribution in [0.25, 0.3) is 10.9 Å². The van der Waals surface area contributed by atoms with Gasteiger partial charge in [-0.1, -0.05) is 18.2 Å². The van der Waals surface area contributed by atoms with Gasteiger partial charge in [0, 0.05) is 55.9 Å². The molecule has 0 spiro atoms. The van der Waals surface area contributed by atoms with Crippen molar-refractivity contribution >= 4 is 16.8 Å². The monoisotopic (exact) mass is 327 g/mol. The molecule has 2 aliphatic heterocycles. The lowest BCUT2D eigenvalue weighted by molar-refractivity contribution is 0.0433. The van der Waals surface area contributed by atoms with Crippen molar-refractivity contribution in [2.45, 2.75) is 25.9 Å². The number of aryl methyl sites for hydroxylation is 1. The quantitative estimate of drug-likeness (QED) is 0.942. The number of benzene rings is 1. The highest BCUT2D eigenvalue weighted by atomic mass is 16.5. The molecule has 1 N–H and O–H groups in total. The molecule has 5 heteroatoms. The van der Waals surface area contributed by atoms with Gasteiger partial charge in [0.05, 0.1) is 11.7 Å². The molecule has 0 aliphatic carbocycles. The van der Waals surface area contributed by atoms with E-state index in [-0.39, 0.29) is 5.91 Å². The minimum absolute atomic E-state index is 0.154. The second kappa shape index (κ2) is 6.57. The molecule has 1 atom stereocenters. The van der Waals surface area contributed by atoms with Gasteiger partial charge in [-0.2, -0.15) is 0 Å². The number of aromatic amines is 1. The average Bonchev–Trinajstić information content (AvgIpc) is 3.21. The van der Waals surface area contributed by atoms with Gasteiger partial charge in [0.25, 0.3) is 5.91 Å². The Labute approximate surface area is 142 Å². The van der Waals surface area contributed by atoms with Crippen molar-refractivity contribution in [3.8, 4) is 0 Å². The van der Waals surface area contributed by atoms with E-state index in [1.54, 1.807) is 0 Å². The molecule has 128 valence electrons. The Morgan fingerprint density at radius 3 is 2.79 bits per heavy atom. The van der Waals surface area contributed by atoms with Gasteiger partial charge in [0.2, 0.25) is 0 Å². The normalized spacial score (nSPS) is 22.4. The number of aromatic nitrogens is 1. The summed E-state index contributed by atoms with van der Waals surface area (Å²) in [6.45, 7) is 7.37. The highest BCUT2D eigenvalue weighted by Gasteiger charge is 2.27. The molecule has 4 rings (SSSR count). The number of ether oxygens (including phenoxy) is 1. The van der Waals surface area contributed by atoms with Crippen molar-refractivity contribution in [1.82, 2.24) is 14.8 Å². The first-order valence-corrected chi connectivity index (χ1v) is 8.93. The maximum Gasteiger partial charge on any atom is 0.256 e. The highest BCUT2D eigenvalue weighted by molar-refractivity contribution is 6.08. The maximum absolute atomic E-state index is 13.0. The third-order valence-electron chi connectivity index (χ3n) is 5.25. The summed E-state index contributed by atoms with van der Waals surface area (Å²) in [5.41, 5.74) is 2.83. The molecule has 0 saturated carbocycles. The first kappa shape index (κ1) is 15.7. The molecule has 2 saturated heterocycles. The van der Waals surface area contributed by atoms with Gasteiger partial charge in [-0.05, 0) is 25.8 Å². The molecule has 1 amide bonds. The van der Waals surface area contributed by atoms with E-state index < -0.39 is 0 Å². The van der Waals surface area contributed by atoms with Crippen LogP contribution in [0.2, 0.25) is 0 Å². The molecule has 5 nitrogen and oxygen atoms in total. The number of hydrogen-bond donors (Lipinski definition) is 1. The van der Waals surface area contributed by atoms with Crippen LogP contribution in [-0.4, -0.2) is 66.1 Å². The van der Waals surface area contributed by atoms with E-state index in [9.17, 15) is 4.79 Å². The van der Waals surface area contributed by atoms with Gasteiger partial charge in [-0.15, -0.1) is 0 Å². The summed E-state index contributed by atoms with van der Waals surface area (Å²) in [5, 5.41) is 1.03. The van der Waals surface area contributed by atoms with E-state index in [2.05, 4.69) is 9.88 Å². The van der Waals surface area contributed by atoms with E-state index in [1.165, 1.54) is 12.8 Å². The second-order valence-electron chi connectivity index (χ2n) is 6.90. The van der Waals surface area contributed by atoms with Gasteiger partial charge < -0.3 is 14.6 Å². The Balaban J connectivity index is 1.43. The molecule has 2 fully saturated rings. The molecule has 0 radical (unpaired) electrons. The summed E-state index contributed by atoms with van der Waals surface area (Å²) in [6, 6.07) is 8.04. The summed E-state index contributed by atoms with van der Waals surface area (Å²) in [6.07, 6.45) is 2.75. The minimum atomic E-state index is 0.154. The van der Waals surface area contributed by atoms with E-state index in [0.717, 1.165) is 61.5 Å². The zero-order valence-electron chi connectivity index (χ0n) is 14.3. The topological polar surface area (TPSA) is 48.6 Å². The Kier molecular flexibility index (Phi) is 4.29. The fourth-order valence-electron chi connectivity index (χ4n) is 3.92. The fourth-order valence-corrected chi connectivity index (χ4v) is 3.92. The Hall–Kier alpha value is -1.85. The molecule has 2 aliphatic rings. The van der Waals surface area contributed by atoms with Crippen molar-refractivity contribution in [1.29, 1.82) is 0 Å². The lowest BCUT2D eigenvalue weighted by Gasteiger charge is -2.35. The largest absolute Gasteiger partial charge is 0.377 e. The van der Waals surface area contributed by atoms with Crippen molar-refractivity contribution in [3.63, 3.8) is 0 Å². The van der Waals surface area contributed by atoms with Gasteiger partial charge >= 0.3 is 0 Å². The van der Waals surface area contributed by atoms with Crippen LogP contribution in [0.4, 0.5) is 0 Å². The van der Waals surface area contributed by atoms with Crippen molar-refractivity contribution in [3.05, 3.63) is 35.5 Å². The Bertz CT molecular complexity index is 725. The van der Waals surface area contributed by atoms with E-state index in [0.29, 0.717) is 6.10 Å². The van der Waals surface area contributed by atoms with Crippen LogP contribution in [-0.2, 0) is 4.74 Å². The summed E-state index contributed by atoms with van der Waals surface area (Å²) in [4.78, 5) is 20.8. The highest BCUT2D eigenvalue weighted by Crippen LogP contribution is 2.24. The Morgan fingerprint density at radius 1 is 1.25 bits per heavy atom. The lowest BCUT2D eigenvalue weighted by atomic mass is 10.1. The second-order valence-corrected chi connectivity index (χ2v) is 6.90. The molecule has 1 aromatic heterocycles. The zero-order valence-corrected chi connectivity index (χ0v) is 14.3. The summed E-state index contributed by atoms with van der Waals surface area (Å²) in [7, 11) is 0. The van der Waals surface area contributed by atoms with Crippen LogP contribution in [0, 0.1) is 6.92 Å². The number of carbonyl (C=O) groups excluding carboxylic acids is 1. The van der Waals surface area contributed by atoms with Crippen LogP contribution < -0.4 is 0 Å². The van der Waals surface area contributed by atoms with Gasteiger partial charge in [0.15, 0.2) is 0 Å². The fraction of sp³-hybridized carbons (Fsp3) is 0.526. The Morgan fingerprint density at radius 2 is 2.04 bits per heavy atom. The first-order valence-electron chi connectivity index (χ1n) is 8.93. The van der Waals surface area contributed by atoms with Crippen LogP contribution in [0.15, 0.2) is 24.3 Å². The van der Waals surface area contributed by atoms with E-state index >= 15 is 0 Å². The van der Waals surface area contributed by atoms with Crippen LogP contribution >= 0.6 is 0 Å². The predicted molar refractivity (Wildman–Crippen MR) is 94.4 cm³/mol. The number of fused-ring (bicyclic) bond motifs is 1. The molecule has 0 bridgehead atoms.